The summed E-state index contributed by atoms with van der Waals surface area (Å²) in [6.07, 6.45) is -0.0562. The van der Waals surface area contributed by atoms with E-state index >= 15 is 0 Å². The molecule has 4 aliphatic rings. The molecule has 13 heteroatoms. The van der Waals surface area contributed by atoms with E-state index in [2.05, 4.69) is 9.89 Å². The molecule has 2 aromatic carbocycles. The number of phenols is 2. The number of nitrogens with zero attached hydrogens (tertiary/aromatic N) is 2. The van der Waals surface area contributed by atoms with E-state index in [0.29, 0.717) is 0 Å². The Hall–Kier alpha value is -3.88. The summed E-state index contributed by atoms with van der Waals surface area (Å²) in [6.45, 7) is 2.36. The highest BCUT2D eigenvalue weighted by molar-refractivity contribution is 6.31. The van der Waals surface area contributed by atoms with Crippen molar-refractivity contribution in [3.8, 4) is 17.2 Å². The van der Waals surface area contributed by atoms with E-state index in [1.807, 2.05) is 0 Å². The van der Waals surface area contributed by atoms with Gasteiger partial charge in [0.25, 0.3) is 0 Å². The number of benzene rings is 2. The number of carbonyl (C=O) groups excluding carboxylic acids is 3. The molecule has 13 nitrogen and oxygen atoms in total. The van der Waals surface area contributed by atoms with Crippen LogP contribution in [0, 0.1) is 0 Å². The van der Waals surface area contributed by atoms with Crippen molar-refractivity contribution >= 4 is 23.7 Å². The maximum Gasteiger partial charge on any atom is 0.202 e. The van der Waals surface area contributed by atoms with Gasteiger partial charge in [0.05, 0.1) is 48.4 Å². The number of aliphatic imine (C=N–C) groups is 1. The normalized spacial score (nSPS) is 29.3. The summed E-state index contributed by atoms with van der Waals surface area (Å²) in [4.78, 5) is 47.0. The van der Waals surface area contributed by atoms with Gasteiger partial charge in [-0.1, -0.05) is 12.1 Å². The van der Waals surface area contributed by atoms with Crippen LogP contribution in [0.15, 0.2) is 23.2 Å². The Morgan fingerprint density at radius 1 is 1.11 bits per heavy atom. The van der Waals surface area contributed by atoms with Gasteiger partial charge in [-0.05, 0) is 32.3 Å². The predicted octanol–water partition coefficient (Wildman–Crippen LogP) is 1.56. The summed E-state index contributed by atoms with van der Waals surface area (Å²) < 4.78 is 17.5. The summed E-state index contributed by atoms with van der Waals surface area (Å²) in [5, 5.41) is 55.2. The van der Waals surface area contributed by atoms with Gasteiger partial charge >= 0.3 is 0 Å². The number of fused-ring (bicyclic) bond motifs is 3. The van der Waals surface area contributed by atoms with Crippen LogP contribution in [-0.4, -0.2) is 111 Å². The number of ketones is 3. The van der Waals surface area contributed by atoms with Gasteiger partial charge in [0, 0.05) is 49.0 Å². The molecule has 0 aromatic heterocycles. The Morgan fingerprint density at radius 2 is 1.83 bits per heavy atom. The highest BCUT2D eigenvalue weighted by Gasteiger charge is 2.50. The highest BCUT2D eigenvalue weighted by Crippen LogP contribution is 2.52. The van der Waals surface area contributed by atoms with Crippen LogP contribution in [0.1, 0.15) is 88.1 Å². The average Bonchev–Trinajstić information content (AvgIpc) is 3.05. The Kier molecular flexibility index (Phi) is 8.63. The molecule has 2 aliphatic carbocycles. The van der Waals surface area contributed by atoms with E-state index in [0.717, 1.165) is 32.4 Å². The van der Waals surface area contributed by atoms with Crippen molar-refractivity contribution in [3.63, 3.8) is 0 Å². The smallest absolute Gasteiger partial charge is 0.202 e. The number of aromatic hydroxyl groups is 2. The van der Waals surface area contributed by atoms with Gasteiger partial charge in [0.15, 0.2) is 17.9 Å². The lowest BCUT2D eigenvalue weighted by Gasteiger charge is -2.42. The van der Waals surface area contributed by atoms with E-state index in [9.17, 15) is 39.9 Å². The van der Waals surface area contributed by atoms with Crippen LogP contribution in [0.5, 0.6) is 17.2 Å². The molecule has 2 aliphatic heterocycles. The Balaban J connectivity index is 1.40. The van der Waals surface area contributed by atoms with Crippen LogP contribution < -0.4 is 4.74 Å². The SMILES string of the molecule is COc1cccc2c1C(=O)c1c(O)c3c(c(O)c1C2=O)C[C@@](O)(C(=O)CO)C[C@@H]3O[C@H]1C[C@H](N=CN2CCCCC2)[C@H](O)[C@H](C)O1. The van der Waals surface area contributed by atoms with Crippen LogP contribution in [0.3, 0.4) is 0 Å². The number of phenolic OH excluding ortho intramolecular Hbond substituents is 2. The number of likely N-dealkylation sites (tertiary alicyclic amines) is 1. The van der Waals surface area contributed by atoms with Crippen molar-refractivity contribution in [1.29, 1.82) is 0 Å². The molecule has 2 fully saturated rings. The number of methoxy groups -OCH3 is 1. The van der Waals surface area contributed by atoms with Crippen LogP contribution in [0.2, 0.25) is 0 Å². The first-order chi connectivity index (χ1) is 22.0. The summed E-state index contributed by atoms with van der Waals surface area (Å²) in [7, 11) is 1.34. The van der Waals surface area contributed by atoms with Crippen molar-refractivity contribution in [2.45, 2.75) is 81.7 Å². The number of hydrogen-bond acceptors (Lipinski definition) is 12. The molecule has 2 aromatic rings. The van der Waals surface area contributed by atoms with E-state index in [1.54, 1.807) is 13.3 Å². The number of hydrogen-bond donors (Lipinski definition) is 5. The monoisotopic (exact) mass is 638 g/mol. The first kappa shape index (κ1) is 32.1. The van der Waals surface area contributed by atoms with E-state index < -0.39 is 95.7 Å². The zero-order chi connectivity index (χ0) is 32.9. The molecule has 2 saturated heterocycles. The Labute approximate surface area is 265 Å². The quantitative estimate of drug-likeness (QED) is 0.143. The number of carbonyl (C=O) groups is 3. The molecular formula is C33H38N2O11. The topological polar surface area (TPSA) is 196 Å². The number of ether oxygens (including phenoxy) is 3. The first-order valence-corrected chi connectivity index (χ1v) is 15.5. The summed E-state index contributed by atoms with van der Waals surface area (Å²) in [6, 6.07) is 3.79. The predicted molar refractivity (Wildman–Crippen MR) is 161 cm³/mol. The molecular weight excluding hydrogens is 600 g/mol. The van der Waals surface area contributed by atoms with Gasteiger partial charge in [-0.15, -0.1) is 0 Å². The molecule has 0 radical (unpaired) electrons. The largest absolute Gasteiger partial charge is 0.507 e. The zero-order valence-corrected chi connectivity index (χ0v) is 25.6. The summed E-state index contributed by atoms with van der Waals surface area (Å²) in [5.74, 6) is -3.71. The maximum absolute atomic E-state index is 13.8. The fourth-order valence-electron chi connectivity index (χ4n) is 7.05. The van der Waals surface area contributed by atoms with Crippen molar-refractivity contribution < 1.29 is 54.1 Å². The number of piperidine rings is 1. The maximum atomic E-state index is 13.8. The molecule has 0 spiro atoms. The summed E-state index contributed by atoms with van der Waals surface area (Å²) >= 11 is 0. The molecule has 46 heavy (non-hydrogen) atoms. The lowest BCUT2D eigenvalue weighted by atomic mass is 9.72. The van der Waals surface area contributed by atoms with Crippen molar-refractivity contribution in [2.24, 2.45) is 4.99 Å². The second-order valence-electron chi connectivity index (χ2n) is 12.4. The highest BCUT2D eigenvalue weighted by atomic mass is 16.7. The van der Waals surface area contributed by atoms with Gasteiger partial charge in [-0.25, -0.2) is 0 Å². The molecule has 0 saturated carbocycles. The third-order valence-corrected chi connectivity index (χ3v) is 9.54. The third-order valence-electron chi connectivity index (χ3n) is 9.54. The fraction of sp³-hybridized carbons (Fsp3) is 0.515. The van der Waals surface area contributed by atoms with E-state index in [1.165, 1.54) is 25.3 Å². The number of aliphatic hydroxyl groups excluding tert-OH is 2. The zero-order valence-electron chi connectivity index (χ0n) is 25.6. The van der Waals surface area contributed by atoms with Gasteiger partial charge in [-0.2, -0.15) is 0 Å². The Morgan fingerprint density at radius 3 is 2.52 bits per heavy atom. The molecule has 6 atom stereocenters. The molecule has 246 valence electrons. The number of rotatable bonds is 7. The third kappa shape index (κ3) is 5.35. The lowest BCUT2D eigenvalue weighted by molar-refractivity contribution is -0.247. The van der Waals surface area contributed by atoms with Crippen molar-refractivity contribution in [1.82, 2.24) is 4.90 Å². The van der Waals surface area contributed by atoms with Gasteiger partial charge < -0.3 is 44.6 Å². The number of Topliss-reactive ketones (excluding diaryl/α,β-unsaturated/α-hetero) is 1. The van der Waals surface area contributed by atoms with Gasteiger partial charge in [0.2, 0.25) is 5.78 Å². The van der Waals surface area contributed by atoms with Gasteiger partial charge in [-0.3, -0.25) is 19.4 Å². The second kappa shape index (κ2) is 12.4. The molecule has 6 rings (SSSR count). The van der Waals surface area contributed by atoms with Crippen LogP contribution >= 0.6 is 0 Å². The molecule has 0 amide bonds. The first-order valence-electron chi connectivity index (χ1n) is 15.5. The Bertz CT molecular complexity index is 1600. The molecule has 2 heterocycles. The minimum atomic E-state index is -2.25. The minimum absolute atomic E-state index is 0.0453. The molecule has 5 N–H and O–H groups in total. The van der Waals surface area contributed by atoms with Crippen LogP contribution in [-0.2, 0) is 20.7 Å². The molecule has 0 bridgehead atoms. The van der Waals surface area contributed by atoms with E-state index in [4.69, 9.17) is 14.2 Å². The number of aliphatic hydroxyl groups is 3. The lowest BCUT2D eigenvalue weighted by Crippen LogP contribution is -2.50. The van der Waals surface area contributed by atoms with E-state index in [-0.39, 0.29) is 34.4 Å². The molecule has 0 unspecified atom stereocenters. The van der Waals surface area contributed by atoms with Crippen LogP contribution in [0.4, 0.5) is 0 Å². The van der Waals surface area contributed by atoms with Gasteiger partial charge in [0.1, 0.15) is 35.6 Å². The van der Waals surface area contributed by atoms with Crippen LogP contribution in [0.25, 0.3) is 0 Å². The average molecular weight is 639 g/mol. The van der Waals surface area contributed by atoms with Crippen molar-refractivity contribution in [3.05, 3.63) is 51.6 Å². The summed E-state index contributed by atoms with van der Waals surface area (Å²) in [5.41, 5.74) is -3.57. The fourth-order valence-corrected chi connectivity index (χ4v) is 7.05. The van der Waals surface area contributed by atoms with Crippen molar-refractivity contribution in [2.75, 3.05) is 26.8 Å². The minimum Gasteiger partial charge on any atom is -0.507 e. The standard InChI is InChI=1S/C33H38N2O11/c1-16-28(38)19(34-15-35-9-4-3-5-10-35)11-23(45-16)46-21-13-33(43,22(37)14-36)12-18-25(21)32(42)27-26(30(18)40)29(39)17-7-6-8-20(44-2)24(17)31(27)41/h6-8,15-16,19,21,23,28,36,38,40,42-43H,3-5,9-14H2,1-2H3/t16-,19-,21-,23-,28+,33-/m0/s1. The second-order valence-corrected chi connectivity index (χ2v) is 12.4.